The number of halogens is 1. The van der Waals surface area contributed by atoms with E-state index in [9.17, 15) is 12.8 Å². The van der Waals surface area contributed by atoms with Gasteiger partial charge in [0.25, 0.3) is 0 Å². The number of benzene rings is 1. The van der Waals surface area contributed by atoms with E-state index < -0.39 is 20.7 Å². The van der Waals surface area contributed by atoms with E-state index in [1.165, 1.54) is 6.26 Å². The molecule has 0 fully saturated rings. The SMILES string of the molecule is CCN(Cc1ccco1)S(=O)(=O)c1cc(N)c(C)cc1F. The van der Waals surface area contributed by atoms with Crippen molar-refractivity contribution in [2.45, 2.75) is 25.3 Å². The number of rotatable bonds is 5. The average Bonchev–Trinajstić information content (AvgIpc) is 2.92. The number of furan rings is 1. The average molecular weight is 312 g/mol. The first-order valence-corrected chi connectivity index (χ1v) is 7.88. The van der Waals surface area contributed by atoms with E-state index >= 15 is 0 Å². The van der Waals surface area contributed by atoms with E-state index in [4.69, 9.17) is 10.2 Å². The maximum absolute atomic E-state index is 14.0. The van der Waals surface area contributed by atoms with Gasteiger partial charge in [-0.1, -0.05) is 6.92 Å². The van der Waals surface area contributed by atoms with Crippen LogP contribution in [0.2, 0.25) is 0 Å². The Labute approximate surface area is 123 Å². The lowest BCUT2D eigenvalue weighted by atomic mass is 10.2. The van der Waals surface area contributed by atoms with Crippen molar-refractivity contribution in [2.24, 2.45) is 0 Å². The molecule has 0 radical (unpaired) electrons. The third-order valence-electron chi connectivity index (χ3n) is 3.20. The standard InChI is InChI=1S/C14H17FN2O3S/c1-3-17(9-11-5-4-6-20-11)21(18,19)14-8-13(16)10(2)7-12(14)15/h4-8H,3,9,16H2,1-2H3. The van der Waals surface area contributed by atoms with Gasteiger partial charge in [-0.2, -0.15) is 4.31 Å². The van der Waals surface area contributed by atoms with Crippen molar-refractivity contribution in [3.8, 4) is 0 Å². The summed E-state index contributed by atoms with van der Waals surface area (Å²) >= 11 is 0. The third-order valence-corrected chi connectivity index (χ3v) is 5.14. The zero-order valence-corrected chi connectivity index (χ0v) is 12.7. The van der Waals surface area contributed by atoms with Gasteiger partial charge in [-0.05, 0) is 36.8 Å². The second kappa shape index (κ2) is 5.87. The van der Waals surface area contributed by atoms with E-state index in [2.05, 4.69) is 0 Å². The summed E-state index contributed by atoms with van der Waals surface area (Å²) in [6.07, 6.45) is 1.46. The second-order valence-electron chi connectivity index (χ2n) is 4.65. The van der Waals surface area contributed by atoms with Crippen LogP contribution < -0.4 is 5.73 Å². The van der Waals surface area contributed by atoms with Gasteiger partial charge in [-0.3, -0.25) is 0 Å². The van der Waals surface area contributed by atoms with Crippen LogP contribution in [-0.2, 0) is 16.6 Å². The molecule has 0 spiro atoms. The van der Waals surface area contributed by atoms with Gasteiger partial charge in [0, 0.05) is 12.2 Å². The molecule has 0 bridgehead atoms. The molecule has 1 aromatic carbocycles. The van der Waals surface area contributed by atoms with Crippen LogP contribution in [0.3, 0.4) is 0 Å². The Morgan fingerprint density at radius 1 is 1.38 bits per heavy atom. The number of nitrogen functional groups attached to an aromatic ring is 1. The quantitative estimate of drug-likeness (QED) is 0.861. The minimum atomic E-state index is -3.98. The number of nitrogens with zero attached hydrogens (tertiary/aromatic N) is 1. The summed E-state index contributed by atoms with van der Waals surface area (Å²) in [6, 6.07) is 5.62. The molecule has 0 amide bonds. The van der Waals surface area contributed by atoms with Crippen molar-refractivity contribution in [3.05, 3.63) is 47.7 Å². The van der Waals surface area contributed by atoms with Gasteiger partial charge in [0.2, 0.25) is 10.0 Å². The fourth-order valence-electron chi connectivity index (χ4n) is 1.95. The third kappa shape index (κ3) is 3.08. The Hall–Kier alpha value is -1.86. The van der Waals surface area contributed by atoms with Crippen LogP contribution in [0.1, 0.15) is 18.2 Å². The lowest BCUT2D eigenvalue weighted by Crippen LogP contribution is -2.31. The van der Waals surface area contributed by atoms with Gasteiger partial charge in [0.15, 0.2) is 0 Å². The van der Waals surface area contributed by atoms with Crippen LogP contribution in [0.25, 0.3) is 0 Å². The lowest BCUT2D eigenvalue weighted by Gasteiger charge is -2.20. The Bertz CT molecular complexity index is 727. The zero-order chi connectivity index (χ0) is 15.6. The molecule has 2 aromatic rings. The van der Waals surface area contributed by atoms with Crippen LogP contribution in [0.15, 0.2) is 39.8 Å². The normalized spacial score (nSPS) is 12.0. The first-order valence-electron chi connectivity index (χ1n) is 6.44. The highest BCUT2D eigenvalue weighted by molar-refractivity contribution is 7.89. The predicted molar refractivity (Wildman–Crippen MR) is 77.5 cm³/mol. The molecule has 2 N–H and O–H groups in total. The minimum Gasteiger partial charge on any atom is -0.468 e. The molecule has 21 heavy (non-hydrogen) atoms. The first-order chi connectivity index (χ1) is 9.86. The zero-order valence-electron chi connectivity index (χ0n) is 11.8. The number of sulfonamides is 1. The summed E-state index contributed by atoms with van der Waals surface area (Å²) < 4.78 is 45.4. The fraction of sp³-hybridized carbons (Fsp3) is 0.286. The van der Waals surface area contributed by atoms with Gasteiger partial charge in [0.1, 0.15) is 16.5 Å². The van der Waals surface area contributed by atoms with Gasteiger partial charge < -0.3 is 10.2 Å². The van der Waals surface area contributed by atoms with Gasteiger partial charge >= 0.3 is 0 Å². The number of nitrogens with two attached hydrogens (primary N) is 1. The summed E-state index contributed by atoms with van der Waals surface area (Å²) in [5, 5.41) is 0. The summed E-state index contributed by atoms with van der Waals surface area (Å²) in [5.41, 5.74) is 6.44. The van der Waals surface area contributed by atoms with Crippen molar-refractivity contribution >= 4 is 15.7 Å². The number of aryl methyl sites for hydroxylation is 1. The molecule has 0 atom stereocenters. The molecule has 0 aliphatic heterocycles. The van der Waals surface area contributed by atoms with Crippen LogP contribution in [-0.4, -0.2) is 19.3 Å². The monoisotopic (exact) mass is 312 g/mol. The van der Waals surface area contributed by atoms with Crippen molar-refractivity contribution in [2.75, 3.05) is 12.3 Å². The Balaban J connectivity index is 2.42. The summed E-state index contributed by atoms with van der Waals surface area (Å²) in [7, 11) is -3.98. The fourth-order valence-corrected chi connectivity index (χ4v) is 3.44. The molecule has 5 nitrogen and oxygen atoms in total. The van der Waals surface area contributed by atoms with Crippen LogP contribution in [0.5, 0.6) is 0 Å². The molecule has 0 aliphatic rings. The predicted octanol–water partition coefficient (Wildman–Crippen LogP) is 2.52. The lowest BCUT2D eigenvalue weighted by molar-refractivity contribution is 0.373. The Kier molecular flexibility index (Phi) is 4.34. The van der Waals surface area contributed by atoms with Gasteiger partial charge in [-0.15, -0.1) is 0 Å². The Morgan fingerprint density at radius 3 is 2.67 bits per heavy atom. The molecular weight excluding hydrogens is 295 g/mol. The summed E-state index contributed by atoms with van der Waals surface area (Å²) in [6.45, 7) is 3.53. The molecular formula is C14H17FN2O3S. The molecule has 0 saturated heterocycles. The van der Waals surface area contributed by atoms with E-state index in [-0.39, 0.29) is 18.8 Å². The highest BCUT2D eigenvalue weighted by Crippen LogP contribution is 2.25. The molecule has 1 aromatic heterocycles. The highest BCUT2D eigenvalue weighted by Gasteiger charge is 2.27. The van der Waals surface area contributed by atoms with Crippen LogP contribution in [0, 0.1) is 12.7 Å². The van der Waals surface area contributed by atoms with Crippen molar-refractivity contribution in [1.29, 1.82) is 0 Å². The van der Waals surface area contributed by atoms with E-state index in [0.717, 1.165) is 16.4 Å². The molecule has 2 rings (SSSR count). The molecule has 114 valence electrons. The van der Waals surface area contributed by atoms with Crippen LogP contribution >= 0.6 is 0 Å². The topological polar surface area (TPSA) is 76.5 Å². The Morgan fingerprint density at radius 2 is 2.10 bits per heavy atom. The second-order valence-corrected chi connectivity index (χ2v) is 6.56. The van der Waals surface area contributed by atoms with Crippen molar-refractivity contribution < 1.29 is 17.2 Å². The van der Waals surface area contributed by atoms with Crippen molar-refractivity contribution in [3.63, 3.8) is 0 Å². The first kappa shape index (κ1) is 15.5. The maximum atomic E-state index is 14.0. The molecule has 0 aliphatic carbocycles. The largest absolute Gasteiger partial charge is 0.468 e. The molecule has 0 unspecified atom stereocenters. The smallest absolute Gasteiger partial charge is 0.246 e. The molecule has 1 heterocycles. The van der Waals surface area contributed by atoms with Gasteiger partial charge in [0.05, 0.1) is 12.8 Å². The summed E-state index contributed by atoms with van der Waals surface area (Å²) in [5.74, 6) is -0.319. The van der Waals surface area contributed by atoms with Crippen LogP contribution in [0.4, 0.5) is 10.1 Å². The maximum Gasteiger partial charge on any atom is 0.246 e. The highest BCUT2D eigenvalue weighted by atomic mass is 32.2. The number of hydrogen-bond donors (Lipinski definition) is 1. The minimum absolute atomic E-state index is 0.0407. The van der Waals surface area contributed by atoms with Gasteiger partial charge in [-0.25, -0.2) is 12.8 Å². The summed E-state index contributed by atoms with van der Waals surface area (Å²) in [4.78, 5) is -0.418. The van der Waals surface area contributed by atoms with E-state index in [1.54, 1.807) is 26.0 Å². The number of anilines is 1. The van der Waals surface area contributed by atoms with Crippen molar-refractivity contribution in [1.82, 2.24) is 4.31 Å². The molecule has 7 heteroatoms. The number of hydrogen-bond acceptors (Lipinski definition) is 4. The van der Waals surface area contributed by atoms with E-state index in [0.29, 0.717) is 11.3 Å². The van der Waals surface area contributed by atoms with E-state index in [1.807, 2.05) is 0 Å². The molecule has 0 saturated carbocycles.